The van der Waals surface area contributed by atoms with Gasteiger partial charge in [0.1, 0.15) is 5.82 Å². The van der Waals surface area contributed by atoms with Gasteiger partial charge in [0.05, 0.1) is 9.92 Å². The number of imidazole rings is 1. The van der Waals surface area contributed by atoms with E-state index in [1.165, 1.54) is 31.0 Å². The number of nitrogens with two attached hydrogens (primary N) is 2. The Labute approximate surface area is 174 Å². The predicted octanol–water partition coefficient (Wildman–Crippen LogP) is 4.08. The molecule has 0 radical (unpaired) electrons. The van der Waals surface area contributed by atoms with Crippen LogP contribution in [0.5, 0.6) is 0 Å². The van der Waals surface area contributed by atoms with Crippen LogP contribution < -0.4 is 16.8 Å². The Morgan fingerprint density at radius 3 is 2.86 bits per heavy atom. The summed E-state index contributed by atoms with van der Waals surface area (Å²) in [5.41, 5.74) is 12.3. The lowest BCUT2D eigenvalue weighted by molar-refractivity contribution is 0.502. The molecule has 0 saturated carbocycles. The molecule has 0 aliphatic carbocycles. The highest BCUT2D eigenvalue weighted by atomic mass is 35.5. The number of nitrogen functional groups attached to an aromatic ring is 1. The monoisotopic (exact) mass is 419 g/mol. The number of hydrogen-bond acceptors (Lipinski definition) is 7. The Hall–Kier alpha value is -2.03. The second-order valence-electron chi connectivity index (χ2n) is 6.79. The van der Waals surface area contributed by atoms with Crippen molar-refractivity contribution in [2.75, 3.05) is 24.1 Å². The highest BCUT2D eigenvalue weighted by Gasteiger charge is 2.12. The first-order chi connectivity index (χ1) is 13.6. The molecule has 1 unspecified atom stereocenters. The van der Waals surface area contributed by atoms with E-state index in [0.717, 1.165) is 40.9 Å². The molecule has 0 aliphatic rings. The summed E-state index contributed by atoms with van der Waals surface area (Å²) in [5, 5.41) is 3.86. The lowest BCUT2D eigenvalue weighted by Gasteiger charge is -2.11. The molecule has 0 saturated heterocycles. The fourth-order valence-electron chi connectivity index (χ4n) is 2.85. The van der Waals surface area contributed by atoms with Gasteiger partial charge in [-0.2, -0.15) is 0 Å². The summed E-state index contributed by atoms with van der Waals surface area (Å²) in [7, 11) is 0. The number of unbranched alkanes of at least 4 members (excludes halogenated alkanes) is 2. The van der Waals surface area contributed by atoms with Gasteiger partial charge >= 0.3 is 0 Å². The van der Waals surface area contributed by atoms with E-state index < -0.39 is 0 Å². The highest BCUT2D eigenvalue weighted by molar-refractivity contribution is 7.99. The van der Waals surface area contributed by atoms with E-state index in [9.17, 15) is 0 Å². The molecule has 3 rings (SSSR count). The summed E-state index contributed by atoms with van der Waals surface area (Å²) >= 11 is 7.74. The number of hydrogen-bond donors (Lipinski definition) is 3. The smallest absolute Gasteiger partial charge is 0.208 e. The summed E-state index contributed by atoms with van der Waals surface area (Å²) in [5.74, 6) is 1.71. The quantitative estimate of drug-likeness (QED) is 0.425. The zero-order chi connectivity index (χ0) is 19.9. The average molecular weight is 420 g/mol. The molecule has 3 aromatic rings. The molecular formula is C19H26ClN7S. The number of rotatable bonds is 10. The molecule has 1 atom stereocenters. The van der Waals surface area contributed by atoms with Gasteiger partial charge < -0.3 is 16.8 Å². The molecule has 0 spiro atoms. The van der Waals surface area contributed by atoms with Crippen LogP contribution in [0, 0.1) is 5.92 Å². The van der Waals surface area contributed by atoms with Gasteiger partial charge in [-0.1, -0.05) is 43.1 Å². The minimum absolute atomic E-state index is 0.318. The highest BCUT2D eigenvalue weighted by Crippen LogP contribution is 2.36. The van der Waals surface area contributed by atoms with Gasteiger partial charge in [0.25, 0.3) is 0 Å². The molecular weight excluding hydrogens is 394 g/mol. The Morgan fingerprint density at radius 1 is 1.18 bits per heavy atom. The molecule has 0 aliphatic heterocycles. The first kappa shape index (κ1) is 20.7. The molecule has 3 aromatic heterocycles. The molecule has 3 heterocycles. The number of pyridine rings is 1. The second-order valence-corrected chi connectivity index (χ2v) is 8.26. The maximum Gasteiger partial charge on any atom is 0.208 e. The van der Waals surface area contributed by atoms with E-state index in [2.05, 4.69) is 27.2 Å². The van der Waals surface area contributed by atoms with Gasteiger partial charge in [-0.25, -0.2) is 15.0 Å². The fraction of sp³-hybridized carbons (Fsp3) is 0.421. The lowest BCUT2D eigenvalue weighted by atomic mass is 10.0. The Morgan fingerprint density at radius 2 is 2.04 bits per heavy atom. The summed E-state index contributed by atoms with van der Waals surface area (Å²) in [6.07, 6.45) is 11.8. The van der Waals surface area contributed by atoms with Gasteiger partial charge in [0, 0.05) is 36.2 Å². The molecule has 5 N–H and O–H groups in total. The van der Waals surface area contributed by atoms with Crippen LogP contribution in [-0.2, 0) is 0 Å². The van der Waals surface area contributed by atoms with Crippen molar-refractivity contribution in [1.82, 2.24) is 19.4 Å². The molecule has 0 bridgehead atoms. The number of aromatic nitrogens is 4. The molecule has 0 aromatic carbocycles. The maximum absolute atomic E-state index is 6.26. The van der Waals surface area contributed by atoms with Gasteiger partial charge in [-0.3, -0.25) is 4.40 Å². The summed E-state index contributed by atoms with van der Waals surface area (Å²) in [6.45, 7) is 3.84. The van der Waals surface area contributed by atoms with Crippen LogP contribution in [0.3, 0.4) is 0 Å². The predicted molar refractivity (Wildman–Crippen MR) is 116 cm³/mol. The molecule has 150 valence electrons. The van der Waals surface area contributed by atoms with Crippen molar-refractivity contribution < 1.29 is 0 Å². The van der Waals surface area contributed by atoms with Crippen LogP contribution in [0.15, 0.2) is 40.6 Å². The Kier molecular flexibility index (Phi) is 7.36. The third-order valence-corrected chi connectivity index (χ3v) is 6.13. The maximum atomic E-state index is 6.26. The normalized spacial score (nSPS) is 12.4. The fourth-order valence-corrected chi connectivity index (χ4v) is 3.99. The van der Waals surface area contributed by atoms with Crippen molar-refractivity contribution in [2.24, 2.45) is 11.7 Å². The van der Waals surface area contributed by atoms with E-state index in [-0.39, 0.29) is 0 Å². The van der Waals surface area contributed by atoms with Crippen molar-refractivity contribution in [3.8, 4) is 0 Å². The number of fused-ring (bicyclic) bond motifs is 1. The van der Waals surface area contributed by atoms with Gasteiger partial charge in [-0.15, -0.1) is 0 Å². The minimum Gasteiger partial charge on any atom is -0.382 e. The van der Waals surface area contributed by atoms with Crippen LogP contribution in [0.25, 0.3) is 5.65 Å². The van der Waals surface area contributed by atoms with Gasteiger partial charge in [0.2, 0.25) is 5.95 Å². The number of nitrogens with zero attached hydrogens (tertiary/aromatic N) is 4. The Bertz CT molecular complexity index is 914. The molecule has 0 fully saturated rings. The minimum atomic E-state index is 0.318. The van der Waals surface area contributed by atoms with Crippen molar-refractivity contribution >= 4 is 40.8 Å². The van der Waals surface area contributed by atoms with E-state index >= 15 is 0 Å². The van der Waals surface area contributed by atoms with Gasteiger partial charge in [0.15, 0.2) is 5.65 Å². The van der Waals surface area contributed by atoms with Crippen molar-refractivity contribution in [2.45, 2.75) is 42.4 Å². The van der Waals surface area contributed by atoms with Gasteiger partial charge in [-0.05, 0) is 31.4 Å². The lowest BCUT2D eigenvalue weighted by Crippen LogP contribution is -2.11. The standard InChI is InChI=1S/C19H26ClN7S/c1-13(11-21)5-3-2-4-7-25-19-26-12-15(18-24-9-10-27(18)19)28-14-6-8-23-17(22)16(14)20/h6,8-10,12-13H,2-5,7,11,21H2,1H3,(H2,22,23)(H,25,26). The number of anilines is 2. The van der Waals surface area contributed by atoms with E-state index in [1.54, 1.807) is 12.4 Å². The average Bonchev–Trinajstić information content (AvgIpc) is 3.19. The molecule has 0 amide bonds. The zero-order valence-electron chi connectivity index (χ0n) is 15.9. The van der Waals surface area contributed by atoms with Crippen molar-refractivity contribution in [1.29, 1.82) is 0 Å². The van der Waals surface area contributed by atoms with Crippen LogP contribution in [0.4, 0.5) is 11.8 Å². The Balaban J connectivity index is 1.63. The second kappa shape index (κ2) is 9.95. The summed E-state index contributed by atoms with van der Waals surface area (Å²) in [6, 6.07) is 1.83. The van der Waals surface area contributed by atoms with Crippen LogP contribution in [-0.4, -0.2) is 32.4 Å². The van der Waals surface area contributed by atoms with E-state index in [0.29, 0.717) is 16.8 Å². The SMILES string of the molecule is CC(CN)CCCCCNc1ncc(Sc2ccnc(N)c2Cl)c2nccn12. The van der Waals surface area contributed by atoms with Crippen LogP contribution >= 0.6 is 23.4 Å². The topological polar surface area (TPSA) is 107 Å². The number of nitrogens with one attached hydrogen (secondary N) is 1. The third kappa shape index (κ3) is 5.06. The van der Waals surface area contributed by atoms with E-state index in [1.807, 2.05) is 22.9 Å². The molecule has 28 heavy (non-hydrogen) atoms. The van der Waals surface area contributed by atoms with Crippen molar-refractivity contribution in [3.05, 3.63) is 35.9 Å². The first-order valence-corrected chi connectivity index (χ1v) is 10.6. The summed E-state index contributed by atoms with van der Waals surface area (Å²) < 4.78 is 1.96. The summed E-state index contributed by atoms with van der Waals surface area (Å²) in [4.78, 5) is 14.8. The number of halogens is 1. The zero-order valence-corrected chi connectivity index (χ0v) is 17.5. The molecule has 9 heteroatoms. The third-order valence-electron chi connectivity index (χ3n) is 4.55. The first-order valence-electron chi connectivity index (χ1n) is 9.44. The van der Waals surface area contributed by atoms with Crippen LogP contribution in [0.1, 0.15) is 32.6 Å². The van der Waals surface area contributed by atoms with Crippen LogP contribution in [0.2, 0.25) is 5.02 Å². The van der Waals surface area contributed by atoms with Crippen molar-refractivity contribution in [3.63, 3.8) is 0 Å². The largest absolute Gasteiger partial charge is 0.382 e. The molecule has 7 nitrogen and oxygen atoms in total. The van der Waals surface area contributed by atoms with E-state index in [4.69, 9.17) is 23.1 Å².